The molecule has 0 aromatic carbocycles. The molecule has 2 amide bonds. The third kappa shape index (κ3) is 3.44. The molecule has 7 heteroatoms. The van der Waals surface area contributed by atoms with Crippen molar-refractivity contribution in [2.45, 2.75) is 53.6 Å². The summed E-state index contributed by atoms with van der Waals surface area (Å²) in [5, 5.41) is 11.5. The van der Waals surface area contributed by atoms with Gasteiger partial charge in [-0.25, -0.2) is 4.79 Å². The van der Waals surface area contributed by atoms with Gasteiger partial charge in [-0.3, -0.25) is 4.68 Å². The molecular weight excluding hydrogens is 306 g/mol. The Morgan fingerprint density at radius 1 is 1.29 bits per heavy atom. The Hall–Kier alpha value is -2.31. The summed E-state index contributed by atoms with van der Waals surface area (Å²) in [6.45, 7) is 10.3. The second-order valence-electron chi connectivity index (χ2n) is 6.28. The summed E-state index contributed by atoms with van der Waals surface area (Å²) in [5.41, 5.74) is 4.90. The van der Waals surface area contributed by atoms with Gasteiger partial charge in [0.1, 0.15) is 5.76 Å². The molecule has 24 heavy (non-hydrogen) atoms. The summed E-state index contributed by atoms with van der Waals surface area (Å²) in [4.78, 5) is 14.2. The fourth-order valence-electron chi connectivity index (χ4n) is 2.97. The van der Waals surface area contributed by atoms with Gasteiger partial charge in [-0.1, -0.05) is 12.1 Å². The molecule has 2 aromatic heterocycles. The molecule has 0 saturated heterocycles. The summed E-state index contributed by atoms with van der Waals surface area (Å²) >= 11 is 0. The maximum Gasteiger partial charge on any atom is 0.317 e. The molecule has 0 aliphatic carbocycles. The molecule has 2 rings (SSSR count). The van der Waals surface area contributed by atoms with Crippen LogP contribution >= 0.6 is 0 Å². The van der Waals surface area contributed by atoms with Crippen LogP contribution in [0.5, 0.6) is 0 Å². The number of aromatic nitrogens is 3. The van der Waals surface area contributed by atoms with Crippen molar-refractivity contribution >= 4 is 6.03 Å². The molecule has 0 aliphatic rings. The van der Waals surface area contributed by atoms with E-state index in [-0.39, 0.29) is 12.1 Å². The van der Waals surface area contributed by atoms with Crippen molar-refractivity contribution in [1.29, 1.82) is 0 Å². The van der Waals surface area contributed by atoms with Crippen molar-refractivity contribution in [3.8, 4) is 0 Å². The normalized spacial score (nSPS) is 12.3. The van der Waals surface area contributed by atoms with Crippen molar-refractivity contribution in [2.75, 3.05) is 7.05 Å². The molecule has 0 spiro atoms. The minimum absolute atomic E-state index is 0.0571. The molecule has 0 radical (unpaired) electrons. The second kappa shape index (κ2) is 7.07. The third-order valence-corrected chi connectivity index (χ3v) is 4.54. The van der Waals surface area contributed by atoms with E-state index in [1.807, 2.05) is 39.4 Å². The summed E-state index contributed by atoms with van der Waals surface area (Å²) < 4.78 is 7.02. The highest BCUT2D eigenvalue weighted by Crippen LogP contribution is 2.24. The van der Waals surface area contributed by atoms with E-state index in [9.17, 15) is 4.79 Å². The molecule has 0 bridgehead atoms. The van der Waals surface area contributed by atoms with Gasteiger partial charge in [-0.15, -0.1) is 0 Å². The molecular formula is C17H27N5O2. The quantitative estimate of drug-likeness (QED) is 0.913. The lowest BCUT2D eigenvalue weighted by Gasteiger charge is -2.23. The maximum absolute atomic E-state index is 12.6. The van der Waals surface area contributed by atoms with Gasteiger partial charge in [0.2, 0.25) is 0 Å². The number of carbonyl (C=O) groups excluding carboxylic acids is 1. The first-order chi connectivity index (χ1) is 11.3. The van der Waals surface area contributed by atoms with Crippen LogP contribution < -0.4 is 5.32 Å². The number of amides is 2. The van der Waals surface area contributed by atoms with Gasteiger partial charge >= 0.3 is 6.03 Å². The van der Waals surface area contributed by atoms with Gasteiger partial charge in [0.05, 0.1) is 24.0 Å². The van der Waals surface area contributed by atoms with Crippen LogP contribution in [0.1, 0.15) is 53.4 Å². The topological polar surface area (TPSA) is 76.2 Å². The van der Waals surface area contributed by atoms with Crippen LogP contribution in [0.15, 0.2) is 4.52 Å². The Bertz CT molecular complexity index is 712. The number of hydrogen-bond donors (Lipinski definition) is 1. The molecule has 2 aromatic rings. The van der Waals surface area contributed by atoms with Crippen molar-refractivity contribution < 1.29 is 9.32 Å². The van der Waals surface area contributed by atoms with Crippen LogP contribution in [-0.4, -0.2) is 32.9 Å². The molecule has 0 unspecified atom stereocenters. The maximum atomic E-state index is 12.6. The number of nitrogens with one attached hydrogen (secondary N) is 1. The Kier molecular flexibility index (Phi) is 5.31. The van der Waals surface area contributed by atoms with Crippen molar-refractivity contribution in [3.05, 3.63) is 34.0 Å². The summed E-state index contributed by atoms with van der Waals surface area (Å²) in [7, 11) is 3.70. The number of nitrogens with zero attached hydrogens (tertiary/aromatic N) is 4. The van der Waals surface area contributed by atoms with E-state index in [0.29, 0.717) is 6.54 Å². The molecule has 0 saturated carbocycles. The van der Waals surface area contributed by atoms with Gasteiger partial charge in [0.15, 0.2) is 0 Å². The SMILES string of the molecule is CC[C@@H](NC(=O)N(C)Cc1c(C)noc1C)c1c(C)nn(C)c1C. The number of hydrogen-bond acceptors (Lipinski definition) is 4. The van der Waals surface area contributed by atoms with E-state index in [2.05, 4.69) is 22.5 Å². The zero-order chi connectivity index (χ0) is 18.0. The van der Waals surface area contributed by atoms with Crippen LogP contribution in [0.2, 0.25) is 0 Å². The zero-order valence-electron chi connectivity index (χ0n) is 15.6. The average molecular weight is 333 g/mol. The van der Waals surface area contributed by atoms with Gasteiger partial charge in [-0.2, -0.15) is 5.10 Å². The molecule has 2 heterocycles. The molecule has 7 nitrogen and oxygen atoms in total. The smallest absolute Gasteiger partial charge is 0.317 e. The Labute approximate surface area is 143 Å². The largest absolute Gasteiger partial charge is 0.361 e. The van der Waals surface area contributed by atoms with Crippen LogP contribution in [0.25, 0.3) is 0 Å². The number of rotatable bonds is 5. The first kappa shape index (κ1) is 18.0. The number of carbonyl (C=O) groups is 1. The molecule has 132 valence electrons. The van der Waals surface area contributed by atoms with E-state index in [1.54, 1.807) is 11.9 Å². The van der Waals surface area contributed by atoms with E-state index < -0.39 is 0 Å². The van der Waals surface area contributed by atoms with Gasteiger partial charge in [0, 0.05) is 30.9 Å². The van der Waals surface area contributed by atoms with Crippen molar-refractivity contribution in [3.63, 3.8) is 0 Å². The minimum Gasteiger partial charge on any atom is -0.361 e. The highest BCUT2D eigenvalue weighted by Gasteiger charge is 2.23. The highest BCUT2D eigenvalue weighted by atomic mass is 16.5. The standard InChI is InChI=1S/C17H27N5O2/c1-8-15(16-11(3)19-22(7)12(16)4)18-17(23)21(6)9-14-10(2)20-24-13(14)5/h15H,8-9H2,1-7H3,(H,18,23)/t15-/m1/s1. The molecule has 0 fully saturated rings. The second-order valence-corrected chi connectivity index (χ2v) is 6.28. The Balaban J connectivity index is 2.11. The monoisotopic (exact) mass is 333 g/mol. The van der Waals surface area contributed by atoms with Crippen LogP contribution in [0.4, 0.5) is 4.79 Å². The lowest BCUT2D eigenvalue weighted by atomic mass is 10.0. The first-order valence-corrected chi connectivity index (χ1v) is 8.19. The lowest BCUT2D eigenvalue weighted by Crippen LogP contribution is -2.39. The fourth-order valence-corrected chi connectivity index (χ4v) is 2.97. The minimum atomic E-state index is -0.121. The van der Waals surface area contributed by atoms with Gasteiger partial charge in [0.25, 0.3) is 0 Å². The predicted octanol–water partition coefficient (Wildman–Crippen LogP) is 2.93. The zero-order valence-corrected chi connectivity index (χ0v) is 15.6. The third-order valence-electron chi connectivity index (χ3n) is 4.54. The number of urea groups is 1. The van der Waals surface area contributed by atoms with Crippen LogP contribution in [0, 0.1) is 27.7 Å². The summed E-state index contributed by atoms with van der Waals surface area (Å²) in [6, 6.07) is -0.178. The highest BCUT2D eigenvalue weighted by molar-refractivity contribution is 5.74. The summed E-state index contributed by atoms with van der Waals surface area (Å²) in [5.74, 6) is 0.748. The predicted molar refractivity (Wildman–Crippen MR) is 91.7 cm³/mol. The van der Waals surface area contributed by atoms with E-state index in [4.69, 9.17) is 4.52 Å². The van der Waals surface area contributed by atoms with E-state index >= 15 is 0 Å². The number of aryl methyl sites for hydroxylation is 4. The fraction of sp³-hybridized carbons (Fsp3) is 0.588. The molecule has 1 atom stereocenters. The average Bonchev–Trinajstić information content (AvgIpc) is 2.97. The van der Waals surface area contributed by atoms with E-state index in [0.717, 1.165) is 40.4 Å². The lowest BCUT2D eigenvalue weighted by molar-refractivity contribution is 0.202. The van der Waals surface area contributed by atoms with Crippen molar-refractivity contribution in [1.82, 2.24) is 25.2 Å². The van der Waals surface area contributed by atoms with Crippen LogP contribution in [0.3, 0.4) is 0 Å². The molecule has 1 N–H and O–H groups in total. The van der Waals surface area contributed by atoms with Crippen LogP contribution in [-0.2, 0) is 13.6 Å². The van der Waals surface area contributed by atoms with E-state index in [1.165, 1.54) is 0 Å². The Morgan fingerprint density at radius 2 is 1.96 bits per heavy atom. The molecule has 0 aliphatic heterocycles. The first-order valence-electron chi connectivity index (χ1n) is 8.19. The van der Waals surface area contributed by atoms with Crippen molar-refractivity contribution in [2.24, 2.45) is 7.05 Å². The summed E-state index contributed by atoms with van der Waals surface area (Å²) in [6.07, 6.45) is 0.804. The van der Waals surface area contributed by atoms with Gasteiger partial charge < -0.3 is 14.7 Å². The van der Waals surface area contributed by atoms with Gasteiger partial charge in [-0.05, 0) is 34.1 Å². The Morgan fingerprint density at radius 3 is 2.42 bits per heavy atom.